The molecule has 0 fully saturated rings. The van der Waals surface area contributed by atoms with E-state index in [0.29, 0.717) is 5.02 Å². The van der Waals surface area contributed by atoms with Gasteiger partial charge in [0.05, 0.1) is 11.4 Å². The Bertz CT molecular complexity index is 919. The van der Waals surface area contributed by atoms with Crippen LogP contribution < -0.4 is 5.32 Å². The van der Waals surface area contributed by atoms with Crippen molar-refractivity contribution in [1.29, 1.82) is 0 Å². The minimum Gasteiger partial charge on any atom is -0.355 e. The quantitative estimate of drug-likeness (QED) is 0.468. The molecule has 0 radical (unpaired) electrons. The van der Waals surface area contributed by atoms with E-state index in [1.54, 1.807) is 6.07 Å². The summed E-state index contributed by atoms with van der Waals surface area (Å²) in [7, 11) is 0. The molecule has 126 valence electrons. The van der Waals surface area contributed by atoms with Crippen LogP contribution in [0.15, 0.2) is 70.9 Å². The Morgan fingerprint density at radius 1 is 0.640 bits per heavy atom. The molecule has 3 nitrogen and oxygen atoms in total. The molecule has 3 aromatic carbocycles. The van der Waals surface area contributed by atoms with Crippen LogP contribution in [-0.4, -0.2) is 0 Å². The zero-order valence-corrected chi connectivity index (χ0v) is 15.4. The van der Waals surface area contributed by atoms with Gasteiger partial charge in [-0.25, -0.2) is 0 Å². The highest BCUT2D eigenvalue weighted by molar-refractivity contribution is 6.31. The summed E-state index contributed by atoms with van der Waals surface area (Å²) in [6.07, 6.45) is 0. The van der Waals surface area contributed by atoms with E-state index in [0.717, 1.165) is 38.9 Å². The van der Waals surface area contributed by atoms with Crippen LogP contribution in [0.3, 0.4) is 0 Å². The van der Waals surface area contributed by atoms with Crippen molar-refractivity contribution in [3.8, 4) is 0 Å². The fourth-order valence-electron chi connectivity index (χ4n) is 2.21. The highest BCUT2D eigenvalue weighted by atomic mass is 35.5. The van der Waals surface area contributed by atoms with Crippen molar-refractivity contribution < 1.29 is 0 Å². The number of aryl methyl sites for hydroxylation is 2. The maximum Gasteiger partial charge on any atom is 0.0872 e. The van der Waals surface area contributed by atoms with Crippen LogP contribution in [0.4, 0.5) is 22.7 Å². The minimum absolute atomic E-state index is 0.688. The number of nitrogens with zero attached hydrogens (tertiary/aromatic N) is 2. The molecule has 0 unspecified atom stereocenters. The predicted molar refractivity (Wildman–Crippen MR) is 106 cm³/mol. The first kappa shape index (κ1) is 17.5. The molecule has 1 N–H and O–H groups in total. The SMILES string of the molecule is Cc1ccc(N=Nc2ccc(Nc3ccc(C)c(Cl)c3)cc2)cc1Cl. The van der Waals surface area contributed by atoms with E-state index in [9.17, 15) is 0 Å². The second kappa shape index (κ2) is 7.68. The van der Waals surface area contributed by atoms with E-state index in [-0.39, 0.29) is 0 Å². The summed E-state index contributed by atoms with van der Waals surface area (Å²) in [4.78, 5) is 0. The van der Waals surface area contributed by atoms with E-state index in [4.69, 9.17) is 23.2 Å². The minimum atomic E-state index is 0.688. The molecular weight excluding hydrogens is 353 g/mol. The molecule has 0 aliphatic heterocycles. The fraction of sp³-hybridized carbons (Fsp3) is 0.100. The third-order valence-electron chi connectivity index (χ3n) is 3.76. The van der Waals surface area contributed by atoms with E-state index in [2.05, 4.69) is 15.5 Å². The topological polar surface area (TPSA) is 36.8 Å². The zero-order chi connectivity index (χ0) is 17.8. The molecule has 0 aliphatic carbocycles. The lowest BCUT2D eigenvalue weighted by atomic mass is 10.2. The Kier molecular flexibility index (Phi) is 5.37. The largest absolute Gasteiger partial charge is 0.355 e. The van der Waals surface area contributed by atoms with Crippen molar-refractivity contribution >= 4 is 46.0 Å². The van der Waals surface area contributed by atoms with Crippen molar-refractivity contribution in [3.05, 3.63) is 81.8 Å². The molecule has 25 heavy (non-hydrogen) atoms. The zero-order valence-electron chi connectivity index (χ0n) is 13.9. The Balaban J connectivity index is 1.70. The lowest BCUT2D eigenvalue weighted by Gasteiger charge is -2.08. The molecule has 0 amide bonds. The monoisotopic (exact) mass is 369 g/mol. The van der Waals surface area contributed by atoms with Gasteiger partial charge in [0.1, 0.15) is 0 Å². The fourth-order valence-corrected chi connectivity index (χ4v) is 2.56. The summed E-state index contributed by atoms with van der Waals surface area (Å²) < 4.78 is 0. The van der Waals surface area contributed by atoms with Gasteiger partial charge in [-0.2, -0.15) is 10.2 Å². The van der Waals surface area contributed by atoms with E-state index < -0.39 is 0 Å². The highest BCUT2D eigenvalue weighted by Gasteiger charge is 2.00. The third kappa shape index (κ3) is 4.59. The standard InChI is InChI=1S/C20H17Cl2N3/c1-13-3-5-17(11-19(13)21)23-15-7-9-16(10-8-15)24-25-18-6-4-14(2)20(22)12-18/h3-12,23H,1-2H3. The van der Waals surface area contributed by atoms with Crippen LogP contribution in [0.25, 0.3) is 0 Å². The Hall–Kier alpha value is -2.36. The number of nitrogens with one attached hydrogen (secondary N) is 1. The van der Waals surface area contributed by atoms with Gasteiger partial charge in [0, 0.05) is 21.4 Å². The Labute approximate surface area is 157 Å². The number of anilines is 2. The molecule has 0 aromatic heterocycles. The van der Waals surface area contributed by atoms with E-state index in [1.807, 2.05) is 68.4 Å². The van der Waals surface area contributed by atoms with Gasteiger partial charge in [-0.15, -0.1) is 0 Å². The van der Waals surface area contributed by atoms with Gasteiger partial charge in [0.25, 0.3) is 0 Å². The molecular formula is C20H17Cl2N3. The van der Waals surface area contributed by atoms with E-state index in [1.165, 1.54) is 0 Å². The van der Waals surface area contributed by atoms with Gasteiger partial charge < -0.3 is 5.32 Å². The van der Waals surface area contributed by atoms with Crippen molar-refractivity contribution in [2.75, 3.05) is 5.32 Å². The van der Waals surface area contributed by atoms with Crippen LogP contribution >= 0.6 is 23.2 Å². The maximum atomic E-state index is 6.15. The summed E-state index contributed by atoms with van der Waals surface area (Å²) in [6, 6.07) is 19.2. The number of hydrogen-bond donors (Lipinski definition) is 1. The Morgan fingerprint density at radius 3 is 1.80 bits per heavy atom. The molecule has 0 spiro atoms. The van der Waals surface area contributed by atoms with Crippen molar-refractivity contribution in [2.45, 2.75) is 13.8 Å². The van der Waals surface area contributed by atoms with Crippen molar-refractivity contribution in [1.82, 2.24) is 0 Å². The number of benzene rings is 3. The lowest BCUT2D eigenvalue weighted by molar-refractivity contribution is 1.23. The molecule has 3 rings (SSSR count). The molecule has 0 aliphatic rings. The molecule has 5 heteroatoms. The second-order valence-corrected chi connectivity index (χ2v) is 6.58. The normalized spacial score (nSPS) is 11.0. The Morgan fingerprint density at radius 2 is 1.16 bits per heavy atom. The second-order valence-electron chi connectivity index (χ2n) is 5.77. The van der Waals surface area contributed by atoms with Crippen molar-refractivity contribution in [2.24, 2.45) is 10.2 Å². The summed E-state index contributed by atoms with van der Waals surface area (Å²) in [5.74, 6) is 0. The predicted octanol–water partition coefficient (Wildman–Crippen LogP) is 7.77. The molecule has 0 saturated heterocycles. The molecule has 3 aromatic rings. The molecule has 0 bridgehead atoms. The van der Waals surface area contributed by atoms with Crippen LogP contribution in [0.2, 0.25) is 10.0 Å². The van der Waals surface area contributed by atoms with E-state index >= 15 is 0 Å². The summed E-state index contributed by atoms with van der Waals surface area (Å²) in [5.41, 5.74) is 5.47. The number of rotatable bonds is 4. The summed E-state index contributed by atoms with van der Waals surface area (Å²) in [5, 5.41) is 13.2. The van der Waals surface area contributed by atoms with Crippen molar-refractivity contribution in [3.63, 3.8) is 0 Å². The summed E-state index contributed by atoms with van der Waals surface area (Å²) in [6.45, 7) is 3.93. The summed E-state index contributed by atoms with van der Waals surface area (Å²) >= 11 is 12.2. The first-order valence-corrected chi connectivity index (χ1v) is 8.58. The van der Waals surface area contributed by atoms with Crippen LogP contribution in [0, 0.1) is 13.8 Å². The first-order valence-electron chi connectivity index (χ1n) is 7.82. The van der Waals surface area contributed by atoms with Gasteiger partial charge in [-0.3, -0.25) is 0 Å². The lowest BCUT2D eigenvalue weighted by Crippen LogP contribution is -1.90. The average Bonchev–Trinajstić information content (AvgIpc) is 2.60. The maximum absolute atomic E-state index is 6.15. The third-order valence-corrected chi connectivity index (χ3v) is 4.58. The number of halogens is 2. The molecule has 0 heterocycles. The average molecular weight is 370 g/mol. The van der Waals surface area contributed by atoms with Gasteiger partial charge in [0.15, 0.2) is 0 Å². The number of azo groups is 1. The van der Waals surface area contributed by atoms with Crippen LogP contribution in [0.1, 0.15) is 11.1 Å². The number of hydrogen-bond acceptors (Lipinski definition) is 3. The van der Waals surface area contributed by atoms with Crippen LogP contribution in [0.5, 0.6) is 0 Å². The molecule has 0 saturated carbocycles. The van der Waals surface area contributed by atoms with Gasteiger partial charge >= 0.3 is 0 Å². The highest BCUT2D eigenvalue weighted by Crippen LogP contribution is 2.26. The first-order chi connectivity index (χ1) is 12.0. The smallest absolute Gasteiger partial charge is 0.0872 e. The molecule has 0 atom stereocenters. The van der Waals surface area contributed by atoms with Crippen LogP contribution in [-0.2, 0) is 0 Å². The van der Waals surface area contributed by atoms with Gasteiger partial charge in [-0.1, -0.05) is 35.3 Å². The van der Waals surface area contributed by atoms with Gasteiger partial charge in [-0.05, 0) is 73.5 Å². The van der Waals surface area contributed by atoms with Gasteiger partial charge in [0.2, 0.25) is 0 Å².